The highest BCUT2D eigenvalue weighted by molar-refractivity contribution is 6.06. The lowest BCUT2D eigenvalue weighted by molar-refractivity contribution is -0.112. The van der Waals surface area contributed by atoms with Gasteiger partial charge in [-0.05, 0) is 36.2 Å². The van der Waals surface area contributed by atoms with Crippen LogP contribution < -0.4 is 10.6 Å². The number of nitriles is 1. The normalized spacial score (nSPS) is 10.6. The molecule has 0 atom stereocenters. The Kier molecular flexibility index (Phi) is 6.32. The maximum atomic E-state index is 12.1. The van der Waals surface area contributed by atoms with E-state index >= 15 is 0 Å². The first kappa shape index (κ1) is 17.8. The van der Waals surface area contributed by atoms with Gasteiger partial charge in [-0.15, -0.1) is 0 Å². The second kappa shape index (κ2) is 8.89. The van der Waals surface area contributed by atoms with Crippen LogP contribution in [0.2, 0.25) is 0 Å². The standard InChI is InChI=1S/C19H17N3O3/c20-12-16(13-21-11-10-14-4-2-1-3-5-14)18(23)22-17-8-6-15(7-9-17)19(24)25/h1-9,13,21H,10-11H2,(H,22,23)(H,24,25)/b16-13-. The summed E-state index contributed by atoms with van der Waals surface area (Å²) in [6.07, 6.45) is 2.15. The predicted octanol–water partition coefficient (Wildman–Crippen LogP) is 2.56. The molecule has 0 heterocycles. The Labute approximate surface area is 145 Å². The van der Waals surface area contributed by atoms with Crippen LogP contribution in [0.3, 0.4) is 0 Å². The zero-order chi connectivity index (χ0) is 18.1. The quantitative estimate of drug-likeness (QED) is 0.410. The van der Waals surface area contributed by atoms with Gasteiger partial charge in [-0.2, -0.15) is 5.26 Å². The molecular formula is C19H17N3O3. The van der Waals surface area contributed by atoms with Crippen LogP contribution in [0.25, 0.3) is 0 Å². The van der Waals surface area contributed by atoms with E-state index < -0.39 is 11.9 Å². The van der Waals surface area contributed by atoms with Gasteiger partial charge in [0.1, 0.15) is 11.6 Å². The Morgan fingerprint density at radius 1 is 1.08 bits per heavy atom. The van der Waals surface area contributed by atoms with E-state index in [9.17, 15) is 9.59 Å². The van der Waals surface area contributed by atoms with Crippen molar-refractivity contribution in [1.29, 1.82) is 5.26 Å². The summed E-state index contributed by atoms with van der Waals surface area (Å²) in [5, 5.41) is 23.5. The Hall–Kier alpha value is -3.59. The number of hydrogen-bond donors (Lipinski definition) is 3. The van der Waals surface area contributed by atoms with Crippen molar-refractivity contribution in [3.63, 3.8) is 0 Å². The van der Waals surface area contributed by atoms with E-state index in [1.54, 1.807) is 0 Å². The molecule has 2 aromatic rings. The van der Waals surface area contributed by atoms with E-state index in [0.29, 0.717) is 12.2 Å². The van der Waals surface area contributed by atoms with Gasteiger partial charge in [0.15, 0.2) is 0 Å². The fourth-order valence-electron chi connectivity index (χ4n) is 2.08. The molecule has 0 saturated heterocycles. The molecule has 0 aromatic heterocycles. The molecule has 0 unspecified atom stereocenters. The number of hydrogen-bond acceptors (Lipinski definition) is 4. The molecule has 2 aromatic carbocycles. The van der Waals surface area contributed by atoms with E-state index in [4.69, 9.17) is 10.4 Å². The summed E-state index contributed by atoms with van der Waals surface area (Å²) < 4.78 is 0. The summed E-state index contributed by atoms with van der Waals surface area (Å²) in [6, 6.07) is 17.4. The third kappa shape index (κ3) is 5.52. The summed E-state index contributed by atoms with van der Waals surface area (Å²) in [5.41, 5.74) is 1.64. The maximum absolute atomic E-state index is 12.1. The lowest BCUT2D eigenvalue weighted by Crippen LogP contribution is -2.18. The smallest absolute Gasteiger partial charge is 0.335 e. The molecule has 6 nitrogen and oxygen atoms in total. The molecule has 25 heavy (non-hydrogen) atoms. The Balaban J connectivity index is 1.89. The molecular weight excluding hydrogens is 318 g/mol. The zero-order valence-electron chi connectivity index (χ0n) is 13.4. The van der Waals surface area contributed by atoms with Gasteiger partial charge in [-0.25, -0.2) is 4.79 Å². The lowest BCUT2D eigenvalue weighted by Gasteiger charge is -2.06. The molecule has 126 valence electrons. The van der Waals surface area contributed by atoms with Gasteiger partial charge in [0.25, 0.3) is 5.91 Å². The highest BCUT2D eigenvalue weighted by atomic mass is 16.4. The average Bonchev–Trinajstić information content (AvgIpc) is 2.63. The Morgan fingerprint density at radius 2 is 1.76 bits per heavy atom. The summed E-state index contributed by atoms with van der Waals surface area (Å²) in [5.74, 6) is -1.60. The number of carbonyl (C=O) groups is 2. The first-order valence-corrected chi connectivity index (χ1v) is 7.62. The fraction of sp³-hybridized carbons (Fsp3) is 0.105. The van der Waals surface area contributed by atoms with Crippen molar-refractivity contribution in [1.82, 2.24) is 5.32 Å². The third-order valence-corrected chi connectivity index (χ3v) is 3.40. The maximum Gasteiger partial charge on any atom is 0.335 e. The molecule has 0 aliphatic heterocycles. The zero-order valence-corrected chi connectivity index (χ0v) is 13.4. The van der Waals surface area contributed by atoms with Crippen LogP contribution in [0.1, 0.15) is 15.9 Å². The van der Waals surface area contributed by atoms with Gasteiger partial charge in [-0.1, -0.05) is 30.3 Å². The van der Waals surface area contributed by atoms with Crippen molar-refractivity contribution in [2.24, 2.45) is 0 Å². The molecule has 0 aliphatic carbocycles. The molecule has 0 aliphatic rings. The summed E-state index contributed by atoms with van der Waals surface area (Å²) in [6.45, 7) is 0.593. The molecule has 6 heteroatoms. The van der Waals surface area contributed by atoms with Crippen LogP contribution >= 0.6 is 0 Å². The third-order valence-electron chi connectivity index (χ3n) is 3.40. The number of carboxylic acid groups (broad SMARTS) is 1. The number of rotatable bonds is 7. The van der Waals surface area contributed by atoms with Gasteiger partial charge in [0, 0.05) is 18.4 Å². The summed E-state index contributed by atoms with van der Waals surface area (Å²) in [7, 11) is 0. The van der Waals surface area contributed by atoms with Crippen LogP contribution in [-0.4, -0.2) is 23.5 Å². The minimum atomic E-state index is -1.04. The number of nitrogens with one attached hydrogen (secondary N) is 2. The molecule has 2 rings (SSSR count). The SMILES string of the molecule is N#C/C(=C/NCCc1ccccc1)C(=O)Nc1ccc(C(=O)O)cc1. The summed E-state index contributed by atoms with van der Waals surface area (Å²) >= 11 is 0. The van der Waals surface area contributed by atoms with Crippen molar-refractivity contribution >= 4 is 17.6 Å². The van der Waals surface area contributed by atoms with Gasteiger partial charge in [0.05, 0.1) is 5.56 Å². The number of nitrogens with zero attached hydrogens (tertiary/aromatic N) is 1. The fourth-order valence-corrected chi connectivity index (χ4v) is 2.08. The largest absolute Gasteiger partial charge is 0.478 e. The van der Waals surface area contributed by atoms with Crippen LogP contribution in [0.5, 0.6) is 0 Å². The van der Waals surface area contributed by atoms with Crippen molar-refractivity contribution < 1.29 is 14.7 Å². The lowest BCUT2D eigenvalue weighted by atomic mass is 10.1. The molecule has 1 amide bonds. The van der Waals surface area contributed by atoms with E-state index in [0.717, 1.165) is 12.0 Å². The van der Waals surface area contributed by atoms with Crippen molar-refractivity contribution in [2.75, 3.05) is 11.9 Å². The minimum absolute atomic E-state index is 0.0598. The van der Waals surface area contributed by atoms with Gasteiger partial charge >= 0.3 is 5.97 Å². The number of benzene rings is 2. The molecule has 0 radical (unpaired) electrons. The Morgan fingerprint density at radius 3 is 2.36 bits per heavy atom. The minimum Gasteiger partial charge on any atom is -0.478 e. The molecule has 0 saturated carbocycles. The van der Waals surface area contributed by atoms with Gasteiger partial charge < -0.3 is 15.7 Å². The van der Waals surface area contributed by atoms with Crippen molar-refractivity contribution in [2.45, 2.75) is 6.42 Å². The number of carbonyl (C=O) groups excluding carboxylic acids is 1. The van der Waals surface area contributed by atoms with Gasteiger partial charge in [0.2, 0.25) is 0 Å². The van der Waals surface area contributed by atoms with E-state index in [2.05, 4.69) is 10.6 Å². The Bertz CT molecular complexity index is 806. The summed E-state index contributed by atoms with van der Waals surface area (Å²) in [4.78, 5) is 22.9. The molecule has 0 spiro atoms. The monoisotopic (exact) mass is 335 g/mol. The highest BCUT2D eigenvalue weighted by Crippen LogP contribution is 2.10. The van der Waals surface area contributed by atoms with Crippen LogP contribution in [-0.2, 0) is 11.2 Å². The number of carboxylic acids is 1. The molecule has 0 bridgehead atoms. The van der Waals surface area contributed by atoms with Crippen molar-refractivity contribution in [3.05, 3.63) is 77.5 Å². The van der Waals surface area contributed by atoms with Crippen molar-refractivity contribution in [3.8, 4) is 6.07 Å². The van der Waals surface area contributed by atoms with Crippen LogP contribution in [0, 0.1) is 11.3 Å². The number of anilines is 1. The van der Waals surface area contributed by atoms with E-state index in [1.807, 2.05) is 36.4 Å². The van der Waals surface area contributed by atoms with Crippen LogP contribution in [0.4, 0.5) is 5.69 Å². The molecule has 3 N–H and O–H groups in total. The van der Waals surface area contributed by atoms with Crippen LogP contribution in [0.15, 0.2) is 66.4 Å². The second-order valence-electron chi connectivity index (χ2n) is 5.20. The number of amides is 1. The number of aromatic carboxylic acids is 1. The first-order valence-electron chi connectivity index (χ1n) is 7.62. The van der Waals surface area contributed by atoms with E-state index in [-0.39, 0.29) is 11.1 Å². The first-order chi connectivity index (χ1) is 12.1. The topological polar surface area (TPSA) is 102 Å². The highest BCUT2D eigenvalue weighted by Gasteiger charge is 2.09. The predicted molar refractivity (Wildman–Crippen MR) is 93.9 cm³/mol. The van der Waals surface area contributed by atoms with E-state index in [1.165, 1.54) is 30.5 Å². The molecule has 0 fully saturated rings. The second-order valence-corrected chi connectivity index (χ2v) is 5.20. The average molecular weight is 335 g/mol. The van der Waals surface area contributed by atoms with Gasteiger partial charge in [-0.3, -0.25) is 4.79 Å².